The molecular weight excluding hydrogens is 248 g/mol. The van der Waals surface area contributed by atoms with Crippen molar-refractivity contribution >= 4 is 22.4 Å². The third-order valence-corrected chi connectivity index (χ3v) is 4.32. The number of anilines is 1. The zero-order valence-corrected chi connectivity index (χ0v) is 12.1. The molecule has 0 spiro atoms. The zero-order valence-electron chi connectivity index (χ0n) is 11.3. The van der Waals surface area contributed by atoms with E-state index in [9.17, 15) is 9.00 Å². The first-order chi connectivity index (χ1) is 8.32. The van der Waals surface area contributed by atoms with E-state index in [1.54, 1.807) is 24.1 Å². The molecule has 1 aromatic rings. The monoisotopic (exact) mass is 268 g/mol. The predicted octanol–water partition coefficient (Wildman–Crippen LogP) is 1.55. The van der Waals surface area contributed by atoms with Gasteiger partial charge >= 0.3 is 0 Å². The lowest BCUT2D eigenvalue weighted by atomic mass is 10.2. The molecule has 1 amide bonds. The number of rotatable bonds is 4. The Kier molecular flexibility index (Phi) is 4.90. The summed E-state index contributed by atoms with van der Waals surface area (Å²) in [5, 5.41) is 0. The highest BCUT2D eigenvalue weighted by Gasteiger charge is 2.17. The van der Waals surface area contributed by atoms with Gasteiger partial charge in [-0.05, 0) is 38.5 Å². The van der Waals surface area contributed by atoms with Crippen molar-refractivity contribution in [2.75, 3.05) is 18.5 Å². The fourth-order valence-electron chi connectivity index (χ4n) is 1.44. The predicted molar refractivity (Wildman–Crippen MR) is 74.8 cm³/mol. The average molecular weight is 268 g/mol. The summed E-state index contributed by atoms with van der Waals surface area (Å²) in [4.78, 5) is 14.1. The van der Waals surface area contributed by atoms with Crippen molar-refractivity contribution in [3.8, 4) is 0 Å². The molecule has 0 aliphatic heterocycles. The number of carbonyl (C=O) groups is 1. The molecule has 1 unspecified atom stereocenters. The number of hydrogen-bond donors (Lipinski definition) is 1. The van der Waals surface area contributed by atoms with E-state index in [0.717, 1.165) is 5.56 Å². The minimum Gasteiger partial charge on any atom is -0.399 e. The van der Waals surface area contributed by atoms with E-state index < -0.39 is 10.8 Å². The van der Waals surface area contributed by atoms with Gasteiger partial charge in [0.15, 0.2) is 0 Å². The summed E-state index contributed by atoms with van der Waals surface area (Å²) in [5.41, 5.74) is 7.13. The van der Waals surface area contributed by atoms with Crippen LogP contribution in [0.4, 0.5) is 5.69 Å². The van der Waals surface area contributed by atoms with Crippen LogP contribution >= 0.6 is 0 Å². The van der Waals surface area contributed by atoms with Gasteiger partial charge in [0.05, 0.1) is 10.8 Å². The number of nitrogens with two attached hydrogens (primary N) is 1. The lowest BCUT2D eigenvalue weighted by Gasteiger charge is -2.21. The van der Waals surface area contributed by atoms with Crippen LogP contribution in [0.1, 0.15) is 19.4 Å². The van der Waals surface area contributed by atoms with Crippen LogP contribution in [0.15, 0.2) is 23.1 Å². The summed E-state index contributed by atoms with van der Waals surface area (Å²) >= 11 is 0. The maximum absolute atomic E-state index is 12.2. The van der Waals surface area contributed by atoms with Gasteiger partial charge in [-0.2, -0.15) is 0 Å². The Hall–Kier alpha value is -1.36. The molecule has 0 saturated heterocycles. The van der Waals surface area contributed by atoms with Crippen LogP contribution in [-0.4, -0.2) is 33.9 Å². The highest BCUT2D eigenvalue weighted by atomic mass is 32.2. The molecular formula is C13H20N2O2S. The molecule has 1 rings (SSSR count). The molecule has 0 aliphatic carbocycles. The number of benzene rings is 1. The zero-order chi connectivity index (χ0) is 13.9. The number of amides is 1. The molecule has 100 valence electrons. The highest BCUT2D eigenvalue weighted by Crippen LogP contribution is 2.17. The van der Waals surface area contributed by atoms with Gasteiger partial charge in [0.25, 0.3) is 0 Å². The normalized spacial score (nSPS) is 12.5. The highest BCUT2D eigenvalue weighted by molar-refractivity contribution is 7.85. The van der Waals surface area contributed by atoms with Gasteiger partial charge < -0.3 is 10.6 Å². The van der Waals surface area contributed by atoms with Crippen molar-refractivity contribution in [1.29, 1.82) is 0 Å². The summed E-state index contributed by atoms with van der Waals surface area (Å²) in [6.07, 6.45) is 0. The van der Waals surface area contributed by atoms with Crippen LogP contribution in [0.5, 0.6) is 0 Å². The Balaban J connectivity index is 2.83. The third kappa shape index (κ3) is 3.57. The van der Waals surface area contributed by atoms with Crippen molar-refractivity contribution in [2.45, 2.75) is 31.7 Å². The van der Waals surface area contributed by atoms with Gasteiger partial charge in [0, 0.05) is 23.7 Å². The van der Waals surface area contributed by atoms with E-state index in [2.05, 4.69) is 0 Å². The molecule has 18 heavy (non-hydrogen) atoms. The third-order valence-electron chi connectivity index (χ3n) is 2.88. The van der Waals surface area contributed by atoms with Crippen molar-refractivity contribution in [3.63, 3.8) is 0 Å². The van der Waals surface area contributed by atoms with E-state index in [1.165, 1.54) is 0 Å². The van der Waals surface area contributed by atoms with Crippen molar-refractivity contribution in [1.82, 2.24) is 4.90 Å². The number of nitrogen functional groups attached to an aromatic ring is 1. The van der Waals surface area contributed by atoms with Crippen LogP contribution in [0.25, 0.3) is 0 Å². The van der Waals surface area contributed by atoms with Crippen molar-refractivity contribution < 1.29 is 9.00 Å². The Labute approximate surface area is 111 Å². The van der Waals surface area contributed by atoms with Crippen LogP contribution in [-0.2, 0) is 15.6 Å². The summed E-state index contributed by atoms with van der Waals surface area (Å²) in [7, 11) is 0.375. The van der Waals surface area contributed by atoms with Gasteiger partial charge in [0.2, 0.25) is 5.91 Å². The number of hydrogen-bond acceptors (Lipinski definition) is 3. The molecule has 0 radical (unpaired) electrons. The standard InChI is InChI=1S/C13H20N2O2S/c1-9(2)15(4)13(16)8-18(17)12-7-11(14)6-5-10(12)3/h5-7,9H,8,14H2,1-4H3. The number of carbonyl (C=O) groups excluding carboxylic acids is 1. The minimum absolute atomic E-state index is 0.00102. The molecule has 0 fully saturated rings. The van der Waals surface area contributed by atoms with Crippen LogP contribution < -0.4 is 5.73 Å². The van der Waals surface area contributed by atoms with Gasteiger partial charge in [-0.3, -0.25) is 9.00 Å². The van der Waals surface area contributed by atoms with E-state index in [0.29, 0.717) is 10.6 Å². The van der Waals surface area contributed by atoms with Gasteiger partial charge in [0.1, 0.15) is 5.75 Å². The Morgan fingerprint density at radius 1 is 1.44 bits per heavy atom. The first kappa shape index (κ1) is 14.7. The Bertz CT molecular complexity index is 472. The van der Waals surface area contributed by atoms with Crippen molar-refractivity contribution in [2.24, 2.45) is 0 Å². The first-order valence-corrected chi connectivity index (χ1v) is 7.15. The molecule has 0 bridgehead atoms. The molecule has 5 heteroatoms. The van der Waals surface area contributed by atoms with Gasteiger partial charge in [-0.15, -0.1) is 0 Å². The Morgan fingerprint density at radius 3 is 2.61 bits per heavy atom. The number of aryl methyl sites for hydroxylation is 1. The summed E-state index contributed by atoms with van der Waals surface area (Å²) in [6.45, 7) is 5.71. The lowest BCUT2D eigenvalue weighted by Crippen LogP contribution is -2.36. The second-order valence-corrected chi connectivity index (χ2v) is 6.03. The average Bonchev–Trinajstić information content (AvgIpc) is 2.30. The van der Waals surface area contributed by atoms with E-state index >= 15 is 0 Å². The van der Waals surface area contributed by atoms with Crippen molar-refractivity contribution in [3.05, 3.63) is 23.8 Å². The molecule has 4 nitrogen and oxygen atoms in total. The number of nitrogens with zero attached hydrogens (tertiary/aromatic N) is 1. The lowest BCUT2D eigenvalue weighted by molar-refractivity contribution is -0.128. The molecule has 1 atom stereocenters. The van der Waals surface area contributed by atoms with E-state index in [1.807, 2.05) is 26.8 Å². The van der Waals surface area contributed by atoms with Gasteiger partial charge in [-0.1, -0.05) is 6.07 Å². The van der Waals surface area contributed by atoms with Crippen LogP contribution in [0.3, 0.4) is 0 Å². The molecule has 0 heterocycles. The maximum Gasteiger partial charge on any atom is 0.235 e. The maximum atomic E-state index is 12.2. The summed E-state index contributed by atoms with van der Waals surface area (Å²) < 4.78 is 12.2. The fourth-order valence-corrected chi connectivity index (χ4v) is 2.72. The second-order valence-electron chi connectivity index (χ2n) is 4.61. The first-order valence-electron chi connectivity index (χ1n) is 5.83. The fraction of sp³-hybridized carbons (Fsp3) is 0.462. The second kappa shape index (κ2) is 6.00. The van der Waals surface area contributed by atoms with Gasteiger partial charge in [-0.25, -0.2) is 0 Å². The quantitative estimate of drug-likeness (QED) is 0.843. The molecule has 1 aromatic carbocycles. The largest absolute Gasteiger partial charge is 0.399 e. The Morgan fingerprint density at radius 2 is 2.06 bits per heavy atom. The molecule has 2 N–H and O–H groups in total. The molecule has 0 aromatic heterocycles. The SMILES string of the molecule is Cc1ccc(N)cc1S(=O)CC(=O)N(C)C(C)C. The van der Waals surface area contributed by atoms with Crippen LogP contribution in [0.2, 0.25) is 0 Å². The minimum atomic E-state index is -1.34. The van der Waals surface area contributed by atoms with E-state index in [4.69, 9.17) is 5.73 Å². The molecule has 0 saturated carbocycles. The van der Waals surface area contributed by atoms with Crippen LogP contribution in [0, 0.1) is 6.92 Å². The smallest absolute Gasteiger partial charge is 0.235 e. The summed E-state index contributed by atoms with van der Waals surface area (Å²) in [5.74, 6) is -0.121. The van der Waals surface area contributed by atoms with E-state index in [-0.39, 0.29) is 17.7 Å². The summed E-state index contributed by atoms with van der Waals surface area (Å²) in [6, 6.07) is 5.36. The molecule has 0 aliphatic rings. The topological polar surface area (TPSA) is 63.4 Å².